The van der Waals surface area contributed by atoms with Gasteiger partial charge in [-0.15, -0.1) is 0 Å². The highest BCUT2D eigenvalue weighted by Gasteiger charge is 2.28. The highest BCUT2D eigenvalue weighted by atomic mass is 16.5. The van der Waals surface area contributed by atoms with Crippen LogP contribution < -0.4 is 21.2 Å². The SMILES string of the molecule is CC(C)N(C)C(=O)c1cccc2c1Oc1c(c(=O)[nH]n(C)c1=O)N2. The molecule has 0 spiro atoms. The third-order valence-electron chi connectivity index (χ3n) is 4.03. The molecule has 0 bridgehead atoms. The van der Waals surface area contributed by atoms with Crippen molar-refractivity contribution < 1.29 is 9.53 Å². The summed E-state index contributed by atoms with van der Waals surface area (Å²) in [5.41, 5.74) is -0.156. The molecule has 126 valence electrons. The molecule has 2 N–H and O–H groups in total. The number of rotatable bonds is 2. The minimum Gasteiger partial charge on any atom is -0.446 e. The number of para-hydroxylation sites is 1. The summed E-state index contributed by atoms with van der Waals surface area (Å²) in [5.74, 6) is -0.111. The van der Waals surface area contributed by atoms with Gasteiger partial charge in [0.05, 0.1) is 11.3 Å². The normalized spacial score (nSPS) is 12.0. The van der Waals surface area contributed by atoms with E-state index in [9.17, 15) is 14.4 Å². The lowest BCUT2D eigenvalue weighted by atomic mass is 10.1. The number of hydrogen-bond acceptors (Lipinski definition) is 5. The number of benzene rings is 1. The lowest BCUT2D eigenvalue weighted by Gasteiger charge is -2.26. The fraction of sp³-hybridized carbons (Fsp3) is 0.312. The van der Waals surface area contributed by atoms with Crippen molar-refractivity contribution in [3.05, 3.63) is 44.5 Å². The molecule has 0 radical (unpaired) electrons. The van der Waals surface area contributed by atoms with Gasteiger partial charge in [0.15, 0.2) is 11.4 Å². The Kier molecular flexibility index (Phi) is 3.67. The van der Waals surface area contributed by atoms with Crippen LogP contribution in [0.1, 0.15) is 24.2 Å². The molecule has 1 amide bonds. The molecule has 8 heteroatoms. The number of fused-ring (bicyclic) bond motifs is 2. The van der Waals surface area contributed by atoms with Crippen molar-refractivity contribution in [2.75, 3.05) is 12.4 Å². The van der Waals surface area contributed by atoms with Crippen LogP contribution in [-0.2, 0) is 7.05 Å². The Bertz CT molecular complexity index is 942. The molecule has 1 aliphatic rings. The summed E-state index contributed by atoms with van der Waals surface area (Å²) in [7, 11) is 3.12. The summed E-state index contributed by atoms with van der Waals surface area (Å²) in [5, 5.41) is 5.29. The highest BCUT2D eigenvalue weighted by Crippen LogP contribution is 2.40. The van der Waals surface area contributed by atoms with E-state index in [-0.39, 0.29) is 29.1 Å². The molecule has 0 aliphatic carbocycles. The molecule has 24 heavy (non-hydrogen) atoms. The van der Waals surface area contributed by atoms with Crippen molar-refractivity contribution in [3.63, 3.8) is 0 Å². The summed E-state index contributed by atoms with van der Waals surface area (Å²) < 4.78 is 6.73. The smallest absolute Gasteiger partial charge is 0.310 e. The van der Waals surface area contributed by atoms with Gasteiger partial charge in [0, 0.05) is 20.1 Å². The van der Waals surface area contributed by atoms with E-state index in [0.717, 1.165) is 4.68 Å². The van der Waals surface area contributed by atoms with Crippen molar-refractivity contribution in [3.8, 4) is 11.5 Å². The van der Waals surface area contributed by atoms with Crippen LogP contribution in [0.4, 0.5) is 11.4 Å². The van der Waals surface area contributed by atoms with E-state index < -0.39 is 11.1 Å². The lowest BCUT2D eigenvalue weighted by Crippen LogP contribution is -2.34. The van der Waals surface area contributed by atoms with Gasteiger partial charge in [-0.05, 0) is 26.0 Å². The van der Waals surface area contributed by atoms with Crippen molar-refractivity contribution >= 4 is 17.3 Å². The number of nitrogens with one attached hydrogen (secondary N) is 2. The van der Waals surface area contributed by atoms with Crippen molar-refractivity contribution in [2.45, 2.75) is 19.9 Å². The monoisotopic (exact) mass is 330 g/mol. The fourth-order valence-electron chi connectivity index (χ4n) is 2.40. The Hall–Kier alpha value is -3.03. The van der Waals surface area contributed by atoms with Crippen molar-refractivity contribution in [1.29, 1.82) is 0 Å². The lowest BCUT2D eigenvalue weighted by molar-refractivity contribution is 0.0752. The molecule has 1 aromatic heterocycles. The molecule has 0 saturated carbocycles. The molecular formula is C16H18N4O4. The molecule has 0 saturated heterocycles. The van der Waals surface area contributed by atoms with E-state index in [1.165, 1.54) is 7.05 Å². The first kappa shape index (κ1) is 15.9. The van der Waals surface area contributed by atoms with Gasteiger partial charge in [0.25, 0.3) is 11.5 Å². The van der Waals surface area contributed by atoms with E-state index in [0.29, 0.717) is 11.3 Å². The van der Waals surface area contributed by atoms with Gasteiger partial charge in [-0.1, -0.05) is 6.07 Å². The number of carbonyl (C=O) groups is 1. The van der Waals surface area contributed by atoms with Gasteiger partial charge in [-0.2, -0.15) is 0 Å². The van der Waals surface area contributed by atoms with Crippen LogP contribution in [0, 0.1) is 0 Å². The zero-order valence-electron chi connectivity index (χ0n) is 13.8. The van der Waals surface area contributed by atoms with E-state index in [4.69, 9.17) is 4.74 Å². The van der Waals surface area contributed by atoms with Crippen LogP contribution in [0.15, 0.2) is 27.8 Å². The zero-order chi connectivity index (χ0) is 17.6. The Morgan fingerprint density at radius 2 is 1.96 bits per heavy atom. The molecule has 0 unspecified atom stereocenters. The van der Waals surface area contributed by atoms with Crippen LogP contribution in [0.5, 0.6) is 11.5 Å². The molecule has 8 nitrogen and oxygen atoms in total. The van der Waals surface area contributed by atoms with E-state index in [2.05, 4.69) is 10.4 Å². The van der Waals surface area contributed by atoms with Crippen molar-refractivity contribution in [2.24, 2.45) is 7.05 Å². The average Bonchev–Trinajstić information content (AvgIpc) is 2.56. The second-order valence-electron chi connectivity index (χ2n) is 5.93. The van der Waals surface area contributed by atoms with Crippen LogP contribution >= 0.6 is 0 Å². The Morgan fingerprint density at radius 1 is 1.25 bits per heavy atom. The highest BCUT2D eigenvalue weighted by molar-refractivity contribution is 6.00. The van der Waals surface area contributed by atoms with Crippen LogP contribution in [0.2, 0.25) is 0 Å². The first-order valence-electron chi connectivity index (χ1n) is 7.49. The maximum Gasteiger partial charge on any atom is 0.310 e. The predicted octanol–water partition coefficient (Wildman–Crippen LogP) is 1.40. The first-order chi connectivity index (χ1) is 11.3. The van der Waals surface area contributed by atoms with E-state index >= 15 is 0 Å². The largest absolute Gasteiger partial charge is 0.446 e. The number of H-pyrrole nitrogens is 1. The van der Waals surface area contributed by atoms with Crippen LogP contribution in [0.25, 0.3) is 0 Å². The second kappa shape index (κ2) is 5.55. The fourth-order valence-corrected chi connectivity index (χ4v) is 2.40. The average molecular weight is 330 g/mol. The molecule has 2 heterocycles. The third-order valence-corrected chi connectivity index (χ3v) is 4.03. The third kappa shape index (κ3) is 2.36. The molecule has 0 atom stereocenters. The van der Waals surface area contributed by atoms with Gasteiger partial charge in [-0.3, -0.25) is 24.2 Å². The van der Waals surface area contributed by atoms with Gasteiger partial charge < -0.3 is 15.0 Å². The first-order valence-corrected chi connectivity index (χ1v) is 7.49. The number of hydrogen-bond donors (Lipinski definition) is 2. The predicted molar refractivity (Wildman–Crippen MR) is 89.3 cm³/mol. The van der Waals surface area contributed by atoms with Gasteiger partial charge in [0.2, 0.25) is 5.75 Å². The topological polar surface area (TPSA) is 96.4 Å². The van der Waals surface area contributed by atoms with Gasteiger partial charge >= 0.3 is 5.56 Å². The molecule has 1 aromatic carbocycles. The number of anilines is 2. The number of aryl methyl sites for hydroxylation is 1. The number of amides is 1. The number of aromatic amines is 1. The van der Waals surface area contributed by atoms with E-state index in [1.54, 1.807) is 30.1 Å². The maximum absolute atomic E-state index is 12.7. The maximum atomic E-state index is 12.7. The number of ether oxygens (including phenoxy) is 1. The van der Waals surface area contributed by atoms with Crippen molar-refractivity contribution in [1.82, 2.24) is 14.7 Å². The Labute approximate surface area is 137 Å². The van der Waals surface area contributed by atoms with E-state index in [1.807, 2.05) is 13.8 Å². The summed E-state index contributed by atoms with van der Waals surface area (Å²) >= 11 is 0. The molecular weight excluding hydrogens is 312 g/mol. The minimum absolute atomic E-state index is 0.00732. The van der Waals surface area contributed by atoms with Gasteiger partial charge in [-0.25, -0.2) is 0 Å². The molecule has 3 rings (SSSR count). The van der Waals surface area contributed by atoms with Crippen LogP contribution in [-0.4, -0.2) is 33.7 Å². The summed E-state index contributed by atoms with van der Waals surface area (Å²) in [4.78, 5) is 38.5. The quantitative estimate of drug-likeness (QED) is 0.740. The number of nitrogens with zero attached hydrogens (tertiary/aromatic N) is 2. The molecule has 0 fully saturated rings. The summed E-state index contributed by atoms with van der Waals surface area (Å²) in [6.07, 6.45) is 0. The van der Waals surface area contributed by atoms with Crippen LogP contribution in [0.3, 0.4) is 0 Å². The minimum atomic E-state index is -0.498. The Morgan fingerprint density at radius 3 is 2.62 bits per heavy atom. The summed E-state index contributed by atoms with van der Waals surface area (Å²) in [6, 6.07) is 5.01. The molecule has 2 aromatic rings. The summed E-state index contributed by atoms with van der Waals surface area (Å²) in [6.45, 7) is 3.80. The standard InChI is InChI=1S/C16H18N4O4/c1-8(2)19(3)15(22)9-6-5-7-10-12(9)24-13-11(17-10)14(21)18-20(4)16(13)23/h5-8,17H,1-4H3,(H,18,21). The zero-order valence-corrected chi connectivity index (χ0v) is 13.8. The number of aromatic nitrogens is 2. The molecule has 1 aliphatic heterocycles. The second-order valence-corrected chi connectivity index (χ2v) is 5.93. The Balaban J connectivity index is 2.14. The van der Waals surface area contributed by atoms with Gasteiger partial charge in [0.1, 0.15) is 0 Å². The number of carbonyl (C=O) groups excluding carboxylic acids is 1.